The summed E-state index contributed by atoms with van der Waals surface area (Å²) in [5, 5.41) is 19.9. The molecular weight excluding hydrogens is 612 g/mol. The molecule has 48 heavy (non-hydrogen) atoms. The van der Waals surface area contributed by atoms with Gasteiger partial charge in [0.15, 0.2) is 0 Å². The molecule has 260 valence electrons. The first-order valence-electron chi connectivity index (χ1n) is 17.3. The maximum absolute atomic E-state index is 9.93. The van der Waals surface area contributed by atoms with Crippen LogP contribution in [0.25, 0.3) is 11.1 Å². The number of rotatable bonds is 22. The van der Waals surface area contributed by atoms with E-state index in [0.717, 1.165) is 51.7 Å². The molecule has 2 aromatic rings. The van der Waals surface area contributed by atoms with Gasteiger partial charge in [0.05, 0.1) is 63.0 Å². The minimum Gasteiger partial charge on any atom is -0.491 e. The van der Waals surface area contributed by atoms with Gasteiger partial charge in [-0.1, -0.05) is 0 Å². The van der Waals surface area contributed by atoms with Crippen LogP contribution in [-0.2, 0) is 28.4 Å². The Bertz CT molecular complexity index is 1170. The maximum Gasteiger partial charge on any atom is 0.119 e. The first-order chi connectivity index (χ1) is 23.8. The Kier molecular flexibility index (Phi) is 17.9. The van der Waals surface area contributed by atoms with Gasteiger partial charge in [0.2, 0.25) is 0 Å². The van der Waals surface area contributed by atoms with Crippen LogP contribution >= 0.6 is 0 Å². The van der Waals surface area contributed by atoms with E-state index in [1.54, 1.807) is 48.5 Å². The number of allylic oxidation sites excluding steroid dienone is 2. The predicted molar refractivity (Wildman–Crippen MR) is 182 cm³/mol. The largest absolute Gasteiger partial charge is 0.491 e. The summed E-state index contributed by atoms with van der Waals surface area (Å²) in [6.45, 7) is 6.89. The summed E-state index contributed by atoms with van der Waals surface area (Å²) in [6, 6.07) is 18.7. The van der Waals surface area contributed by atoms with Crippen LogP contribution in [0.15, 0.2) is 48.5 Å². The molecule has 0 aromatic heterocycles. The molecule has 0 aliphatic carbocycles. The average Bonchev–Trinajstić information content (AvgIpc) is 3.14. The summed E-state index contributed by atoms with van der Waals surface area (Å²) in [6.07, 6.45) is 9.60. The van der Waals surface area contributed by atoms with Crippen molar-refractivity contribution in [1.29, 1.82) is 10.5 Å². The number of benzene rings is 2. The SMILES string of the molecule is N#C/C(=C(/C#N)c1ccc(OCCOCCOCCC2CCCCO2)cc1)c1ccc(OCCOCCOCCC2CCCCO2)cc1. The van der Waals surface area contributed by atoms with Crippen LogP contribution in [-0.4, -0.2) is 91.5 Å². The minimum absolute atomic E-state index is 0.290. The molecule has 2 aliphatic heterocycles. The van der Waals surface area contributed by atoms with Crippen LogP contribution in [0.4, 0.5) is 0 Å². The van der Waals surface area contributed by atoms with Gasteiger partial charge in [-0.2, -0.15) is 10.5 Å². The second-order valence-corrected chi connectivity index (χ2v) is 11.7. The smallest absolute Gasteiger partial charge is 0.119 e. The lowest BCUT2D eigenvalue weighted by atomic mass is 9.96. The average molecular weight is 663 g/mol. The summed E-state index contributed by atoms with van der Waals surface area (Å²) in [4.78, 5) is 0. The zero-order valence-corrected chi connectivity index (χ0v) is 28.1. The van der Waals surface area contributed by atoms with E-state index >= 15 is 0 Å². The Morgan fingerprint density at radius 2 is 0.896 bits per heavy atom. The highest BCUT2D eigenvalue weighted by Gasteiger charge is 2.15. The van der Waals surface area contributed by atoms with Crippen molar-refractivity contribution in [3.05, 3.63) is 59.7 Å². The van der Waals surface area contributed by atoms with Gasteiger partial charge >= 0.3 is 0 Å². The van der Waals surface area contributed by atoms with E-state index in [9.17, 15) is 10.5 Å². The Balaban J connectivity index is 1.10. The standard InChI is InChI=1S/C38H50N2O8/c39-29-37(31-7-11-35(12-8-31)47-27-25-43-23-21-41-19-15-33-5-1-3-17-45-33)38(30-40)32-9-13-36(14-10-32)48-28-26-44-24-22-42-20-16-34-6-2-4-18-46-34/h7-14,33-34H,1-6,15-28H2/b38-37+. The normalized spacial score (nSPS) is 18.4. The molecule has 2 atom stereocenters. The van der Waals surface area contributed by atoms with Crippen molar-refractivity contribution in [2.24, 2.45) is 0 Å². The summed E-state index contributed by atoms with van der Waals surface area (Å²) >= 11 is 0. The third-order valence-electron chi connectivity index (χ3n) is 8.21. The fourth-order valence-electron chi connectivity index (χ4n) is 5.55. The topological polar surface area (TPSA) is 121 Å². The Morgan fingerprint density at radius 1 is 0.521 bits per heavy atom. The number of nitrogens with zero attached hydrogens (tertiary/aromatic N) is 2. The molecule has 0 amide bonds. The summed E-state index contributed by atoms with van der Waals surface area (Å²) in [5.74, 6) is 1.31. The van der Waals surface area contributed by atoms with E-state index in [2.05, 4.69) is 12.1 Å². The molecule has 2 aliphatic rings. The first-order valence-corrected chi connectivity index (χ1v) is 17.3. The van der Waals surface area contributed by atoms with Gasteiger partial charge in [-0.15, -0.1) is 0 Å². The molecule has 10 nitrogen and oxygen atoms in total. The Hall–Kier alpha value is -3.48. The second kappa shape index (κ2) is 23.0. The summed E-state index contributed by atoms with van der Waals surface area (Å²) in [5.41, 5.74) is 1.85. The first kappa shape index (κ1) is 37.3. The van der Waals surface area contributed by atoms with Crippen molar-refractivity contribution in [1.82, 2.24) is 0 Å². The third-order valence-corrected chi connectivity index (χ3v) is 8.21. The molecule has 4 rings (SSSR count). The minimum atomic E-state index is 0.290. The monoisotopic (exact) mass is 662 g/mol. The molecule has 0 bridgehead atoms. The molecule has 2 aromatic carbocycles. The molecule has 0 saturated carbocycles. The van der Waals surface area contributed by atoms with Gasteiger partial charge in [-0.25, -0.2) is 0 Å². The molecule has 2 heterocycles. The zero-order valence-electron chi connectivity index (χ0n) is 28.1. The van der Waals surface area contributed by atoms with Crippen LogP contribution in [0.3, 0.4) is 0 Å². The number of hydrogen-bond acceptors (Lipinski definition) is 10. The van der Waals surface area contributed by atoms with Crippen molar-refractivity contribution in [3.8, 4) is 23.6 Å². The number of ether oxygens (including phenoxy) is 8. The lowest BCUT2D eigenvalue weighted by Gasteiger charge is -2.22. The molecule has 0 N–H and O–H groups in total. The van der Waals surface area contributed by atoms with Crippen LogP contribution in [0.1, 0.15) is 62.5 Å². The van der Waals surface area contributed by atoms with Crippen LogP contribution in [0, 0.1) is 22.7 Å². The Morgan fingerprint density at radius 3 is 1.25 bits per heavy atom. The Labute approximate surface area is 285 Å². The van der Waals surface area contributed by atoms with Gasteiger partial charge in [0.25, 0.3) is 0 Å². The van der Waals surface area contributed by atoms with Gasteiger partial charge in [0, 0.05) is 26.4 Å². The molecule has 0 spiro atoms. The van der Waals surface area contributed by atoms with Crippen molar-refractivity contribution in [2.45, 2.75) is 63.6 Å². The predicted octanol–water partition coefficient (Wildman–Crippen LogP) is 6.39. The van der Waals surface area contributed by atoms with Crippen molar-refractivity contribution < 1.29 is 37.9 Å². The van der Waals surface area contributed by atoms with E-state index < -0.39 is 0 Å². The third kappa shape index (κ3) is 13.9. The van der Waals surface area contributed by atoms with E-state index in [1.165, 1.54) is 12.8 Å². The van der Waals surface area contributed by atoms with Gasteiger partial charge in [-0.3, -0.25) is 0 Å². The van der Waals surface area contributed by atoms with Crippen LogP contribution in [0.2, 0.25) is 0 Å². The fraction of sp³-hybridized carbons (Fsp3) is 0.579. The van der Waals surface area contributed by atoms with Gasteiger partial charge in [0.1, 0.15) is 36.9 Å². The number of nitriles is 2. The van der Waals surface area contributed by atoms with E-state index in [1.807, 2.05) is 0 Å². The summed E-state index contributed by atoms with van der Waals surface area (Å²) < 4.78 is 45.5. The highest BCUT2D eigenvalue weighted by molar-refractivity contribution is 6.02. The van der Waals surface area contributed by atoms with E-state index in [0.29, 0.717) is 101 Å². The lowest BCUT2D eigenvalue weighted by Crippen LogP contribution is -2.21. The molecule has 2 fully saturated rings. The van der Waals surface area contributed by atoms with Gasteiger partial charge < -0.3 is 37.9 Å². The number of hydrogen-bond donors (Lipinski definition) is 0. The summed E-state index contributed by atoms with van der Waals surface area (Å²) in [7, 11) is 0. The van der Waals surface area contributed by atoms with Crippen LogP contribution in [0.5, 0.6) is 11.5 Å². The van der Waals surface area contributed by atoms with E-state index in [4.69, 9.17) is 37.9 Å². The van der Waals surface area contributed by atoms with Crippen molar-refractivity contribution in [2.75, 3.05) is 79.3 Å². The fourth-order valence-corrected chi connectivity index (χ4v) is 5.55. The molecule has 0 radical (unpaired) electrons. The molecular formula is C38H50N2O8. The lowest BCUT2D eigenvalue weighted by molar-refractivity contribution is -0.0167. The van der Waals surface area contributed by atoms with Crippen molar-refractivity contribution >= 4 is 11.1 Å². The maximum atomic E-state index is 9.93. The van der Waals surface area contributed by atoms with Crippen molar-refractivity contribution in [3.63, 3.8) is 0 Å². The highest BCUT2D eigenvalue weighted by atomic mass is 16.6. The molecule has 2 saturated heterocycles. The molecule has 2 unspecified atom stereocenters. The highest BCUT2D eigenvalue weighted by Crippen LogP contribution is 2.28. The zero-order chi connectivity index (χ0) is 33.5. The quantitative estimate of drug-likeness (QED) is 0.0797. The van der Waals surface area contributed by atoms with Crippen LogP contribution < -0.4 is 9.47 Å². The molecule has 10 heteroatoms. The van der Waals surface area contributed by atoms with E-state index in [-0.39, 0.29) is 11.1 Å². The second-order valence-electron chi connectivity index (χ2n) is 11.7. The van der Waals surface area contributed by atoms with Gasteiger partial charge in [-0.05, 0) is 111 Å².